The van der Waals surface area contributed by atoms with Crippen molar-refractivity contribution in [2.75, 3.05) is 19.6 Å². The van der Waals surface area contributed by atoms with Gasteiger partial charge in [-0.15, -0.1) is 0 Å². The summed E-state index contributed by atoms with van der Waals surface area (Å²) in [6, 6.07) is 9.40. The number of aromatic nitrogens is 3. The summed E-state index contributed by atoms with van der Waals surface area (Å²) in [7, 11) is 0. The van der Waals surface area contributed by atoms with Gasteiger partial charge in [-0.3, -0.25) is 19.1 Å². The molecule has 2 aromatic heterocycles. The Morgan fingerprint density at radius 3 is 3.00 bits per heavy atom. The first-order valence-corrected chi connectivity index (χ1v) is 9.11. The van der Waals surface area contributed by atoms with E-state index in [0.29, 0.717) is 5.92 Å². The highest BCUT2D eigenvalue weighted by atomic mass is 16.1. The summed E-state index contributed by atoms with van der Waals surface area (Å²) >= 11 is 0. The van der Waals surface area contributed by atoms with E-state index in [2.05, 4.69) is 24.6 Å². The predicted molar refractivity (Wildman–Crippen MR) is 99.8 cm³/mol. The summed E-state index contributed by atoms with van der Waals surface area (Å²) < 4.78 is 2.09. The first-order valence-electron chi connectivity index (χ1n) is 9.11. The molecule has 0 saturated carbocycles. The van der Waals surface area contributed by atoms with Crippen LogP contribution in [-0.2, 0) is 6.54 Å². The third-order valence-corrected chi connectivity index (χ3v) is 4.97. The number of nitrogens with zero attached hydrogens (tertiary/aromatic N) is 4. The fourth-order valence-electron chi connectivity index (χ4n) is 3.63. The van der Waals surface area contributed by atoms with Gasteiger partial charge in [0.25, 0.3) is 5.91 Å². The molecule has 3 heterocycles. The van der Waals surface area contributed by atoms with E-state index < -0.39 is 0 Å². The summed E-state index contributed by atoms with van der Waals surface area (Å²) in [6.07, 6.45) is 9.77. The maximum Gasteiger partial charge on any atom is 0.251 e. The van der Waals surface area contributed by atoms with Crippen LogP contribution >= 0.6 is 0 Å². The van der Waals surface area contributed by atoms with E-state index in [-0.39, 0.29) is 5.91 Å². The van der Waals surface area contributed by atoms with Crippen molar-refractivity contribution in [3.63, 3.8) is 0 Å². The lowest BCUT2D eigenvalue weighted by atomic mass is 9.97. The zero-order valence-corrected chi connectivity index (χ0v) is 14.7. The molecule has 0 bridgehead atoms. The molecular formula is C20H23N5O. The standard InChI is InChI=1S/C20H23N5O/c26-20(17-6-2-1-3-7-17)23-11-16-5-4-9-24(14-16)15-18-12-22-19-13-21-8-10-25(18)19/h1-3,6-8,10,12-13,16H,4-5,9,11,14-15H2,(H,23,26)/t16-/m0/s1. The van der Waals surface area contributed by atoms with E-state index in [1.54, 1.807) is 12.4 Å². The van der Waals surface area contributed by atoms with Crippen LogP contribution in [0, 0.1) is 5.92 Å². The Hall–Kier alpha value is -2.73. The highest BCUT2D eigenvalue weighted by Crippen LogP contribution is 2.18. The van der Waals surface area contributed by atoms with Gasteiger partial charge in [-0.2, -0.15) is 0 Å². The molecule has 1 saturated heterocycles. The molecule has 6 nitrogen and oxygen atoms in total. The van der Waals surface area contributed by atoms with Crippen LogP contribution in [0.3, 0.4) is 0 Å². The van der Waals surface area contributed by atoms with Gasteiger partial charge in [0.2, 0.25) is 0 Å². The third kappa shape index (κ3) is 3.75. The normalized spacial score (nSPS) is 18.1. The topological polar surface area (TPSA) is 62.5 Å². The van der Waals surface area contributed by atoms with Crippen molar-refractivity contribution in [3.8, 4) is 0 Å². The van der Waals surface area contributed by atoms with Crippen molar-refractivity contribution < 1.29 is 4.79 Å². The molecular weight excluding hydrogens is 326 g/mol. The van der Waals surface area contributed by atoms with Gasteiger partial charge >= 0.3 is 0 Å². The number of amides is 1. The molecule has 1 fully saturated rings. The van der Waals surface area contributed by atoms with Crippen molar-refractivity contribution >= 4 is 11.6 Å². The molecule has 0 radical (unpaired) electrons. The molecule has 1 N–H and O–H groups in total. The van der Waals surface area contributed by atoms with Gasteiger partial charge in [0.1, 0.15) is 0 Å². The Morgan fingerprint density at radius 1 is 1.23 bits per heavy atom. The average Bonchev–Trinajstić information content (AvgIpc) is 3.10. The summed E-state index contributed by atoms with van der Waals surface area (Å²) in [5.74, 6) is 0.495. The van der Waals surface area contributed by atoms with Crippen molar-refractivity contribution in [1.82, 2.24) is 24.6 Å². The predicted octanol–water partition coefficient (Wildman–Crippen LogP) is 2.37. The molecule has 4 rings (SSSR count). The summed E-state index contributed by atoms with van der Waals surface area (Å²) in [6.45, 7) is 3.67. The van der Waals surface area contributed by atoms with E-state index in [4.69, 9.17) is 0 Å². The van der Waals surface area contributed by atoms with Gasteiger partial charge in [-0.05, 0) is 37.4 Å². The Labute approximate surface area is 152 Å². The minimum absolute atomic E-state index is 0.0111. The summed E-state index contributed by atoms with van der Waals surface area (Å²) in [5.41, 5.74) is 2.78. The monoisotopic (exact) mass is 349 g/mol. The second-order valence-electron chi connectivity index (χ2n) is 6.87. The van der Waals surface area contributed by atoms with Crippen LogP contribution in [0.1, 0.15) is 28.9 Å². The molecule has 6 heteroatoms. The number of fused-ring (bicyclic) bond motifs is 1. The van der Waals surface area contributed by atoms with Crippen LogP contribution in [0.2, 0.25) is 0 Å². The van der Waals surface area contributed by atoms with Crippen molar-refractivity contribution in [2.24, 2.45) is 5.92 Å². The molecule has 1 amide bonds. The van der Waals surface area contributed by atoms with Crippen LogP contribution in [0.5, 0.6) is 0 Å². The van der Waals surface area contributed by atoms with Gasteiger partial charge in [0.05, 0.1) is 18.1 Å². The number of hydrogen-bond donors (Lipinski definition) is 1. The number of rotatable bonds is 5. The molecule has 3 aromatic rings. The minimum atomic E-state index is 0.0111. The average molecular weight is 349 g/mol. The van der Waals surface area contributed by atoms with Gasteiger partial charge in [0.15, 0.2) is 5.65 Å². The number of benzene rings is 1. The molecule has 0 spiro atoms. The van der Waals surface area contributed by atoms with Crippen LogP contribution in [-0.4, -0.2) is 44.8 Å². The van der Waals surface area contributed by atoms with Gasteiger partial charge in [-0.1, -0.05) is 18.2 Å². The number of imidazole rings is 1. The maximum atomic E-state index is 12.2. The van der Waals surface area contributed by atoms with E-state index in [0.717, 1.165) is 50.2 Å². The number of hydrogen-bond acceptors (Lipinski definition) is 4. The molecule has 1 aromatic carbocycles. The van der Waals surface area contributed by atoms with Gasteiger partial charge in [-0.25, -0.2) is 4.98 Å². The van der Waals surface area contributed by atoms with Crippen molar-refractivity contribution in [2.45, 2.75) is 19.4 Å². The van der Waals surface area contributed by atoms with E-state index in [1.807, 2.05) is 42.7 Å². The fraction of sp³-hybridized carbons (Fsp3) is 0.350. The largest absolute Gasteiger partial charge is 0.352 e. The smallest absolute Gasteiger partial charge is 0.251 e. The van der Waals surface area contributed by atoms with Crippen LogP contribution in [0.4, 0.5) is 0 Å². The number of likely N-dealkylation sites (tertiary alicyclic amines) is 1. The maximum absolute atomic E-state index is 12.2. The lowest BCUT2D eigenvalue weighted by Crippen LogP contribution is -2.40. The molecule has 1 aliphatic heterocycles. The molecule has 0 unspecified atom stereocenters. The number of piperidine rings is 1. The lowest BCUT2D eigenvalue weighted by molar-refractivity contribution is 0.0930. The molecule has 1 atom stereocenters. The zero-order valence-electron chi connectivity index (χ0n) is 14.7. The quantitative estimate of drug-likeness (QED) is 0.768. The fourth-order valence-corrected chi connectivity index (χ4v) is 3.63. The van der Waals surface area contributed by atoms with Crippen LogP contribution in [0.25, 0.3) is 5.65 Å². The van der Waals surface area contributed by atoms with E-state index >= 15 is 0 Å². The van der Waals surface area contributed by atoms with E-state index in [1.165, 1.54) is 5.69 Å². The molecule has 0 aliphatic carbocycles. The van der Waals surface area contributed by atoms with Crippen LogP contribution in [0.15, 0.2) is 55.1 Å². The van der Waals surface area contributed by atoms with Crippen molar-refractivity contribution in [3.05, 3.63) is 66.4 Å². The lowest BCUT2D eigenvalue weighted by Gasteiger charge is -2.32. The summed E-state index contributed by atoms with van der Waals surface area (Å²) in [4.78, 5) is 23.2. The highest BCUT2D eigenvalue weighted by Gasteiger charge is 2.21. The Balaban J connectivity index is 1.33. The Kier molecular flexibility index (Phi) is 4.93. The zero-order chi connectivity index (χ0) is 17.8. The SMILES string of the molecule is O=C(NC[C@@H]1CCCN(Cc2cnc3cnccn23)C1)c1ccccc1. The first-order chi connectivity index (χ1) is 12.8. The van der Waals surface area contributed by atoms with E-state index in [9.17, 15) is 4.79 Å². The highest BCUT2D eigenvalue weighted by molar-refractivity contribution is 5.94. The first kappa shape index (κ1) is 16.7. The molecule has 134 valence electrons. The molecule has 26 heavy (non-hydrogen) atoms. The number of carbonyl (C=O) groups is 1. The second-order valence-corrected chi connectivity index (χ2v) is 6.87. The minimum Gasteiger partial charge on any atom is -0.352 e. The third-order valence-electron chi connectivity index (χ3n) is 4.97. The van der Waals surface area contributed by atoms with Gasteiger partial charge < -0.3 is 5.32 Å². The Morgan fingerprint density at radius 2 is 2.12 bits per heavy atom. The van der Waals surface area contributed by atoms with Crippen molar-refractivity contribution in [1.29, 1.82) is 0 Å². The Bertz CT molecular complexity index is 876. The second kappa shape index (κ2) is 7.66. The number of carbonyl (C=O) groups excluding carboxylic acids is 1. The molecule has 1 aliphatic rings. The number of nitrogens with one attached hydrogen (secondary N) is 1. The van der Waals surface area contributed by atoms with Crippen LogP contribution < -0.4 is 5.32 Å². The van der Waals surface area contributed by atoms with Gasteiger partial charge in [0, 0.05) is 37.6 Å². The summed E-state index contributed by atoms with van der Waals surface area (Å²) in [5, 5.41) is 3.09.